The molecule has 1 unspecified atom stereocenters. The van der Waals surface area contributed by atoms with Crippen molar-refractivity contribution in [2.75, 3.05) is 6.54 Å². The van der Waals surface area contributed by atoms with Crippen LogP contribution in [0.25, 0.3) is 0 Å². The van der Waals surface area contributed by atoms with Crippen LogP contribution in [-0.2, 0) is 4.74 Å². The lowest BCUT2D eigenvalue weighted by Gasteiger charge is -2.43. The number of carbonyl (C=O) groups excluding carboxylic acids is 1. The summed E-state index contributed by atoms with van der Waals surface area (Å²) in [5.74, 6) is 0. The van der Waals surface area contributed by atoms with Gasteiger partial charge in [-0.05, 0) is 40.0 Å². The molecule has 0 radical (unpaired) electrons. The average molecular weight is 253 g/mol. The van der Waals surface area contributed by atoms with Crippen molar-refractivity contribution in [3.8, 4) is 0 Å². The molecule has 0 N–H and O–H groups in total. The zero-order chi connectivity index (χ0) is 14.0. The van der Waals surface area contributed by atoms with Gasteiger partial charge < -0.3 is 9.64 Å². The van der Waals surface area contributed by atoms with E-state index in [1.54, 1.807) is 0 Å². The van der Waals surface area contributed by atoms with Gasteiger partial charge in [0.05, 0.1) is 0 Å². The number of carbonyl (C=O) groups is 1. The van der Waals surface area contributed by atoms with E-state index in [1.807, 2.05) is 31.7 Å². The van der Waals surface area contributed by atoms with Crippen LogP contribution < -0.4 is 0 Å². The van der Waals surface area contributed by atoms with E-state index >= 15 is 0 Å². The fourth-order valence-electron chi connectivity index (χ4n) is 2.38. The van der Waals surface area contributed by atoms with Crippen LogP contribution in [0.5, 0.6) is 0 Å². The molecule has 0 aromatic heterocycles. The van der Waals surface area contributed by atoms with Crippen molar-refractivity contribution in [1.82, 2.24) is 4.90 Å². The smallest absolute Gasteiger partial charge is 0.410 e. The van der Waals surface area contributed by atoms with E-state index < -0.39 is 5.60 Å². The summed E-state index contributed by atoms with van der Waals surface area (Å²) in [5.41, 5.74) is -0.505. The van der Waals surface area contributed by atoms with Gasteiger partial charge in [-0.2, -0.15) is 0 Å². The number of likely N-dealkylation sites (tertiary alicyclic amines) is 1. The highest BCUT2D eigenvalue weighted by Crippen LogP contribution is 2.34. The molecule has 0 aliphatic carbocycles. The summed E-state index contributed by atoms with van der Waals surface area (Å²) in [5, 5.41) is 0. The van der Waals surface area contributed by atoms with Crippen molar-refractivity contribution in [2.45, 2.75) is 65.5 Å². The van der Waals surface area contributed by atoms with Gasteiger partial charge in [-0.15, -0.1) is 6.58 Å². The number of piperidine rings is 1. The molecule has 3 nitrogen and oxygen atoms in total. The molecule has 1 heterocycles. The molecule has 1 saturated heterocycles. The summed E-state index contributed by atoms with van der Waals surface area (Å²) in [7, 11) is 0. The van der Waals surface area contributed by atoms with Crippen LogP contribution in [0.15, 0.2) is 12.7 Å². The van der Waals surface area contributed by atoms with Gasteiger partial charge in [0.25, 0.3) is 0 Å². The highest BCUT2D eigenvalue weighted by atomic mass is 16.6. The molecule has 1 rings (SSSR count). The minimum Gasteiger partial charge on any atom is -0.444 e. The predicted molar refractivity (Wildman–Crippen MR) is 74.6 cm³/mol. The van der Waals surface area contributed by atoms with Gasteiger partial charge in [0, 0.05) is 18.0 Å². The standard InChI is InChI=1S/C15H27NO2/c1-7-15(5,6)12-10-8-9-11-16(12)13(17)18-14(2,3)4/h7,12H,1,8-11H2,2-6H3. The van der Waals surface area contributed by atoms with E-state index in [4.69, 9.17) is 4.74 Å². The lowest BCUT2D eigenvalue weighted by molar-refractivity contribution is -0.00337. The molecule has 1 amide bonds. The Morgan fingerprint density at radius 2 is 1.89 bits per heavy atom. The van der Waals surface area contributed by atoms with Crippen molar-refractivity contribution in [2.24, 2.45) is 5.41 Å². The number of rotatable bonds is 2. The molecule has 1 aliphatic rings. The zero-order valence-electron chi connectivity index (χ0n) is 12.5. The number of hydrogen-bond acceptors (Lipinski definition) is 2. The SMILES string of the molecule is C=CC(C)(C)C1CCCCN1C(=O)OC(C)(C)C. The Kier molecular flexibility index (Phi) is 4.46. The lowest BCUT2D eigenvalue weighted by Crippen LogP contribution is -2.51. The number of ether oxygens (including phenoxy) is 1. The van der Waals surface area contributed by atoms with Crippen molar-refractivity contribution < 1.29 is 9.53 Å². The maximum atomic E-state index is 12.3. The molecule has 0 bridgehead atoms. The minimum atomic E-state index is -0.433. The van der Waals surface area contributed by atoms with E-state index in [2.05, 4.69) is 20.4 Å². The Balaban J connectivity index is 2.83. The van der Waals surface area contributed by atoms with Crippen LogP contribution in [-0.4, -0.2) is 29.2 Å². The Morgan fingerprint density at radius 3 is 2.39 bits per heavy atom. The molecule has 1 atom stereocenters. The first kappa shape index (κ1) is 15.1. The third kappa shape index (κ3) is 3.76. The van der Waals surface area contributed by atoms with Gasteiger partial charge in [-0.25, -0.2) is 4.79 Å². The molecular formula is C15H27NO2. The second kappa shape index (κ2) is 5.33. The summed E-state index contributed by atoms with van der Waals surface area (Å²) in [6.45, 7) is 14.7. The van der Waals surface area contributed by atoms with E-state index in [0.29, 0.717) is 0 Å². The average Bonchev–Trinajstić information content (AvgIpc) is 2.27. The van der Waals surface area contributed by atoms with Crippen LogP contribution in [0.2, 0.25) is 0 Å². The molecule has 0 saturated carbocycles. The van der Waals surface area contributed by atoms with Gasteiger partial charge in [0.15, 0.2) is 0 Å². The first-order valence-corrected chi connectivity index (χ1v) is 6.80. The van der Waals surface area contributed by atoms with E-state index in [0.717, 1.165) is 19.4 Å². The monoisotopic (exact) mass is 253 g/mol. The highest BCUT2D eigenvalue weighted by molar-refractivity contribution is 5.69. The maximum Gasteiger partial charge on any atom is 0.410 e. The van der Waals surface area contributed by atoms with Crippen molar-refractivity contribution >= 4 is 6.09 Å². The molecule has 0 spiro atoms. The summed E-state index contributed by atoms with van der Waals surface area (Å²) < 4.78 is 5.50. The molecule has 1 aliphatic heterocycles. The van der Waals surface area contributed by atoms with Gasteiger partial charge in [0.1, 0.15) is 5.60 Å². The molecule has 0 aromatic rings. The topological polar surface area (TPSA) is 29.5 Å². The van der Waals surface area contributed by atoms with E-state index in [-0.39, 0.29) is 17.6 Å². The third-order valence-electron chi connectivity index (χ3n) is 3.52. The summed E-state index contributed by atoms with van der Waals surface area (Å²) >= 11 is 0. The molecule has 104 valence electrons. The molecule has 1 fully saturated rings. The van der Waals surface area contributed by atoms with Crippen LogP contribution in [0.4, 0.5) is 4.79 Å². The predicted octanol–water partition coefficient (Wildman–Crippen LogP) is 3.99. The van der Waals surface area contributed by atoms with Gasteiger partial charge in [-0.1, -0.05) is 19.9 Å². The molecule has 0 aromatic carbocycles. The zero-order valence-corrected chi connectivity index (χ0v) is 12.5. The van der Waals surface area contributed by atoms with Crippen LogP contribution in [0, 0.1) is 5.41 Å². The number of nitrogens with zero attached hydrogens (tertiary/aromatic N) is 1. The second-order valence-electron chi connectivity index (χ2n) is 6.71. The van der Waals surface area contributed by atoms with E-state index in [9.17, 15) is 4.79 Å². The largest absolute Gasteiger partial charge is 0.444 e. The minimum absolute atomic E-state index is 0.0721. The van der Waals surface area contributed by atoms with Gasteiger partial charge in [0.2, 0.25) is 0 Å². The van der Waals surface area contributed by atoms with Crippen molar-refractivity contribution in [3.63, 3.8) is 0 Å². The lowest BCUT2D eigenvalue weighted by atomic mass is 9.79. The number of hydrogen-bond donors (Lipinski definition) is 0. The normalized spacial score (nSPS) is 21.6. The van der Waals surface area contributed by atoms with Crippen LogP contribution in [0.1, 0.15) is 53.9 Å². The molecular weight excluding hydrogens is 226 g/mol. The Labute approximate surface area is 111 Å². The highest BCUT2D eigenvalue weighted by Gasteiger charge is 2.38. The Hall–Kier alpha value is -0.990. The van der Waals surface area contributed by atoms with Gasteiger partial charge in [-0.3, -0.25) is 0 Å². The fraction of sp³-hybridized carbons (Fsp3) is 0.800. The summed E-state index contributed by atoms with van der Waals surface area (Å²) in [6, 6.07) is 0.193. The van der Waals surface area contributed by atoms with Crippen LogP contribution in [0.3, 0.4) is 0 Å². The fourth-order valence-corrected chi connectivity index (χ4v) is 2.38. The first-order chi connectivity index (χ1) is 8.17. The second-order valence-corrected chi connectivity index (χ2v) is 6.71. The van der Waals surface area contributed by atoms with E-state index in [1.165, 1.54) is 6.42 Å². The number of amides is 1. The maximum absolute atomic E-state index is 12.3. The summed E-state index contributed by atoms with van der Waals surface area (Å²) in [4.78, 5) is 14.1. The first-order valence-electron chi connectivity index (χ1n) is 6.80. The van der Waals surface area contributed by atoms with Gasteiger partial charge >= 0.3 is 6.09 Å². The molecule has 3 heteroatoms. The van der Waals surface area contributed by atoms with Crippen LogP contribution >= 0.6 is 0 Å². The summed E-state index contributed by atoms with van der Waals surface area (Å²) in [6.07, 6.45) is 5.00. The Bertz CT molecular complexity index is 315. The third-order valence-corrected chi connectivity index (χ3v) is 3.52. The Morgan fingerprint density at radius 1 is 1.28 bits per heavy atom. The quantitative estimate of drug-likeness (QED) is 0.696. The van der Waals surface area contributed by atoms with Crippen molar-refractivity contribution in [3.05, 3.63) is 12.7 Å². The molecule has 18 heavy (non-hydrogen) atoms. The van der Waals surface area contributed by atoms with Crippen molar-refractivity contribution in [1.29, 1.82) is 0 Å².